The number of fused-ring (bicyclic) bond motifs is 1. The number of allylic oxidation sites excluding steroid dienone is 1. The second-order valence-corrected chi connectivity index (χ2v) is 6.11. The van der Waals surface area contributed by atoms with Gasteiger partial charge < -0.3 is 10.1 Å². The van der Waals surface area contributed by atoms with Gasteiger partial charge in [-0.15, -0.1) is 0 Å². The van der Waals surface area contributed by atoms with Crippen LogP contribution in [-0.2, 0) is 6.54 Å². The Labute approximate surface area is 144 Å². The van der Waals surface area contributed by atoms with Gasteiger partial charge in [0.2, 0.25) is 5.88 Å². The lowest BCUT2D eigenvalue weighted by molar-refractivity contribution is 0.420. The number of aromatic amines is 1. The van der Waals surface area contributed by atoms with E-state index in [1.807, 2.05) is 55.5 Å². The molecule has 0 fully saturated rings. The Morgan fingerprint density at radius 1 is 1.16 bits per heavy atom. The van der Waals surface area contributed by atoms with Gasteiger partial charge in [0, 0.05) is 17.4 Å². The van der Waals surface area contributed by atoms with Gasteiger partial charge in [0.15, 0.2) is 0 Å². The van der Waals surface area contributed by atoms with Crippen LogP contribution in [0.3, 0.4) is 0 Å². The van der Waals surface area contributed by atoms with Crippen molar-refractivity contribution in [2.45, 2.75) is 13.5 Å². The molecule has 0 saturated carbocycles. The Bertz CT molecular complexity index is 1050. The Morgan fingerprint density at radius 2 is 1.92 bits per heavy atom. The lowest BCUT2D eigenvalue weighted by atomic mass is 10.1. The molecule has 2 N–H and O–H groups in total. The maximum Gasteiger partial charge on any atom is 0.329 e. The van der Waals surface area contributed by atoms with Crippen LogP contribution in [-0.4, -0.2) is 20.9 Å². The fourth-order valence-corrected chi connectivity index (χ4v) is 2.91. The number of H-pyrrole nitrogens is 1. The quantitative estimate of drug-likeness (QED) is 0.771. The lowest BCUT2D eigenvalue weighted by Crippen LogP contribution is -2.17. The second kappa shape index (κ2) is 5.94. The molecule has 5 heteroatoms. The minimum atomic E-state index is -0.340. The predicted molar refractivity (Wildman–Crippen MR) is 99.5 cm³/mol. The zero-order chi connectivity index (χ0) is 17.4. The van der Waals surface area contributed by atoms with E-state index in [9.17, 15) is 9.90 Å². The SMILES string of the molecule is Cc1ccc(Cn2c(O)c(/C=C3/C=Nc4ccccc43)[nH]c2=O)cc1. The monoisotopic (exact) mass is 331 g/mol. The number of aryl methyl sites for hydroxylation is 1. The van der Waals surface area contributed by atoms with Gasteiger partial charge in [-0.2, -0.15) is 0 Å². The van der Waals surface area contributed by atoms with Crippen LogP contribution in [0.1, 0.15) is 22.4 Å². The summed E-state index contributed by atoms with van der Waals surface area (Å²) in [7, 11) is 0. The van der Waals surface area contributed by atoms with Gasteiger partial charge >= 0.3 is 5.69 Å². The molecule has 0 atom stereocenters. The number of aromatic nitrogens is 2. The molecule has 124 valence electrons. The van der Waals surface area contributed by atoms with E-state index in [1.165, 1.54) is 4.57 Å². The first-order chi connectivity index (χ1) is 12.1. The van der Waals surface area contributed by atoms with Crippen LogP contribution < -0.4 is 5.69 Å². The summed E-state index contributed by atoms with van der Waals surface area (Å²) in [6.07, 6.45) is 3.48. The number of para-hydroxylation sites is 1. The van der Waals surface area contributed by atoms with Crippen LogP contribution in [0, 0.1) is 6.92 Å². The smallest absolute Gasteiger partial charge is 0.329 e. The number of benzene rings is 2. The average molecular weight is 331 g/mol. The highest BCUT2D eigenvalue weighted by Crippen LogP contribution is 2.32. The molecular formula is C20H17N3O2. The minimum Gasteiger partial charge on any atom is -0.493 e. The maximum atomic E-state index is 12.2. The predicted octanol–water partition coefficient (Wildman–Crippen LogP) is 3.50. The third kappa shape index (κ3) is 2.80. The van der Waals surface area contributed by atoms with Crippen molar-refractivity contribution in [1.82, 2.24) is 9.55 Å². The normalized spacial score (nSPS) is 14.2. The summed E-state index contributed by atoms with van der Waals surface area (Å²) >= 11 is 0. The molecule has 0 radical (unpaired) electrons. The number of hydrogen-bond donors (Lipinski definition) is 2. The number of rotatable bonds is 3. The van der Waals surface area contributed by atoms with Crippen LogP contribution >= 0.6 is 0 Å². The molecule has 0 unspecified atom stereocenters. The number of nitrogens with one attached hydrogen (secondary N) is 1. The van der Waals surface area contributed by atoms with Crippen molar-refractivity contribution in [3.8, 4) is 5.88 Å². The molecule has 4 rings (SSSR count). The Balaban J connectivity index is 1.69. The van der Waals surface area contributed by atoms with Gasteiger partial charge in [-0.3, -0.25) is 9.56 Å². The molecule has 1 aliphatic heterocycles. The van der Waals surface area contributed by atoms with Crippen molar-refractivity contribution < 1.29 is 5.11 Å². The van der Waals surface area contributed by atoms with Gasteiger partial charge in [0.05, 0.1) is 12.2 Å². The van der Waals surface area contributed by atoms with Crippen LogP contribution in [0.4, 0.5) is 5.69 Å². The molecule has 0 saturated heterocycles. The number of aliphatic imine (C=N–C) groups is 1. The van der Waals surface area contributed by atoms with E-state index >= 15 is 0 Å². The average Bonchev–Trinajstić information content (AvgIpc) is 3.14. The molecule has 0 amide bonds. The largest absolute Gasteiger partial charge is 0.493 e. The molecule has 25 heavy (non-hydrogen) atoms. The van der Waals surface area contributed by atoms with Crippen molar-refractivity contribution in [2.24, 2.45) is 4.99 Å². The Hall–Kier alpha value is -3.34. The van der Waals surface area contributed by atoms with Gasteiger partial charge in [0.1, 0.15) is 5.69 Å². The van der Waals surface area contributed by atoms with E-state index in [0.29, 0.717) is 12.2 Å². The summed E-state index contributed by atoms with van der Waals surface area (Å²) in [6.45, 7) is 2.32. The van der Waals surface area contributed by atoms with Crippen LogP contribution in [0.5, 0.6) is 5.88 Å². The first-order valence-corrected chi connectivity index (χ1v) is 8.04. The Kier molecular flexibility index (Phi) is 3.61. The summed E-state index contributed by atoms with van der Waals surface area (Å²) in [4.78, 5) is 19.3. The number of nitrogens with zero attached hydrogens (tertiary/aromatic N) is 2. The van der Waals surface area contributed by atoms with Crippen molar-refractivity contribution in [1.29, 1.82) is 0 Å². The van der Waals surface area contributed by atoms with Crippen molar-refractivity contribution in [3.05, 3.63) is 81.4 Å². The van der Waals surface area contributed by atoms with E-state index in [-0.39, 0.29) is 11.6 Å². The van der Waals surface area contributed by atoms with Gasteiger partial charge in [0.25, 0.3) is 0 Å². The van der Waals surface area contributed by atoms with Gasteiger partial charge in [-0.25, -0.2) is 4.79 Å². The number of hydrogen-bond acceptors (Lipinski definition) is 3. The highest BCUT2D eigenvalue weighted by Gasteiger charge is 2.15. The van der Waals surface area contributed by atoms with E-state index in [0.717, 1.165) is 28.0 Å². The third-order valence-corrected chi connectivity index (χ3v) is 4.30. The van der Waals surface area contributed by atoms with Crippen molar-refractivity contribution in [2.75, 3.05) is 0 Å². The molecule has 0 spiro atoms. The molecule has 1 aliphatic rings. The molecule has 5 nitrogen and oxygen atoms in total. The van der Waals surface area contributed by atoms with E-state index in [4.69, 9.17) is 0 Å². The zero-order valence-corrected chi connectivity index (χ0v) is 13.7. The molecule has 3 aromatic rings. The molecule has 0 bridgehead atoms. The standard InChI is InChI=1S/C20H17N3O2/c1-13-6-8-14(9-7-13)12-23-19(24)18(22-20(23)25)10-15-11-21-17-5-3-2-4-16(15)17/h2-11,24H,12H2,1H3,(H,22,25)/b15-10-. The lowest BCUT2D eigenvalue weighted by Gasteiger charge is -2.04. The van der Waals surface area contributed by atoms with E-state index in [2.05, 4.69) is 9.98 Å². The van der Waals surface area contributed by atoms with Crippen LogP contribution in [0.25, 0.3) is 11.6 Å². The molecule has 2 heterocycles. The summed E-state index contributed by atoms with van der Waals surface area (Å²) < 4.78 is 1.33. The molecular weight excluding hydrogens is 314 g/mol. The fourth-order valence-electron chi connectivity index (χ4n) is 2.91. The third-order valence-electron chi connectivity index (χ3n) is 4.30. The van der Waals surface area contributed by atoms with Crippen molar-refractivity contribution in [3.63, 3.8) is 0 Å². The zero-order valence-electron chi connectivity index (χ0n) is 13.7. The van der Waals surface area contributed by atoms with Crippen LogP contribution in [0.2, 0.25) is 0 Å². The second-order valence-electron chi connectivity index (χ2n) is 6.11. The van der Waals surface area contributed by atoms with E-state index < -0.39 is 0 Å². The molecule has 2 aromatic carbocycles. The maximum absolute atomic E-state index is 12.2. The summed E-state index contributed by atoms with van der Waals surface area (Å²) in [6, 6.07) is 15.6. The minimum absolute atomic E-state index is 0.0733. The summed E-state index contributed by atoms with van der Waals surface area (Å²) in [5, 5.41) is 10.5. The van der Waals surface area contributed by atoms with Gasteiger partial charge in [-0.05, 0) is 24.6 Å². The first kappa shape index (κ1) is 15.2. The first-order valence-electron chi connectivity index (χ1n) is 8.04. The topological polar surface area (TPSA) is 70.4 Å². The van der Waals surface area contributed by atoms with Gasteiger partial charge in [-0.1, -0.05) is 48.0 Å². The molecule has 1 aromatic heterocycles. The Morgan fingerprint density at radius 3 is 2.72 bits per heavy atom. The highest BCUT2D eigenvalue weighted by molar-refractivity contribution is 6.21. The summed E-state index contributed by atoms with van der Waals surface area (Å²) in [5.41, 5.74) is 4.87. The molecule has 0 aliphatic carbocycles. The van der Waals surface area contributed by atoms with E-state index in [1.54, 1.807) is 12.3 Å². The number of aromatic hydroxyl groups is 1. The van der Waals surface area contributed by atoms with Crippen molar-refractivity contribution >= 4 is 23.6 Å². The van der Waals surface area contributed by atoms with Crippen LogP contribution in [0.15, 0.2) is 58.3 Å². The fraction of sp³-hybridized carbons (Fsp3) is 0.100. The number of imidazole rings is 1. The summed E-state index contributed by atoms with van der Waals surface area (Å²) in [5.74, 6) is -0.0733. The highest BCUT2D eigenvalue weighted by atomic mass is 16.3.